The third kappa shape index (κ3) is 7.47. The lowest BCUT2D eigenvalue weighted by Crippen LogP contribution is -2.49. The maximum absolute atomic E-state index is 12.9. The lowest BCUT2D eigenvalue weighted by atomic mass is 9.78. The van der Waals surface area contributed by atoms with Crippen LogP contribution in [0.25, 0.3) is 0 Å². The molecule has 7 nitrogen and oxygen atoms in total. The van der Waals surface area contributed by atoms with E-state index in [2.05, 4.69) is 4.90 Å². The van der Waals surface area contributed by atoms with Gasteiger partial charge in [0.2, 0.25) is 11.8 Å². The molecule has 2 aliphatic rings. The van der Waals surface area contributed by atoms with Gasteiger partial charge in [-0.2, -0.15) is 0 Å². The number of carbonyl (C=O) groups is 3. The lowest BCUT2D eigenvalue weighted by molar-refractivity contribution is -0.149. The van der Waals surface area contributed by atoms with Crippen molar-refractivity contribution in [1.29, 1.82) is 0 Å². The van der Waals surface area contributed by atoms with Gasteiger partial charge in [0.05, 0.1) is 6.61 Å². The number of likely N-dealkylation sites (tertiary alicyclic amines) is 1. The number of ether oxygens (including phenoxy) is 1. The number of piperidine rings is 1. The molecule has 0 aromatic heterocycles. The van der Waals surface area contributed by atoms with Gasteiger partial charge in [-0.15, -0.1) is 0 Å². The van der Waals surface area contributed by atoms with Gasteiger partial charge in [-0.05, 0) is 69.1 Å². The van der Waals surface area contributed by atoms with E-state index in [-0.39, 0.29) is 37.1 Å². The molecule has 1 aliphatic heterocycles. The number of phenols is 1. The minimum absolute atomic E-state index is 0.0887. The molecule has 1 N–H and O–H groups in total. The number of aromatic hydroxyl groups is 1. The van der Waals surface area contributed by atoms with Crippen LogP contribution in [-0.2, 0) is 25.5 Å². The van der Waals surface area contributed by atoms with E-state index in [4.69, 9.17) is 4.74 Å². The number of hydrogen-bond donors (Lipinski definition) is 1. The minimum atomic E-state index is -0.427. The lowest BCUT2D eigenvalue weighted by Gasteiger charge is -2.44. The summed E-state index contributed by atoms with van der Waals surface area (Å²) < 4.78 is 5.04. The molecule has 1 saturated heterocycles. The van der Waals surface area contributed by atoms with Crippen LogP contribution in [0.5, 0.6) is 5.75 Å². The van der Waals surface area contributed by atoms with Gasteiger partial charge in [0, 0.05) is 32.0 Å². The van der Waals surface area contributed by atoms with Crippen LogP contribution in [0.1, 0.15) is 70.3 Å². The molecule has 1 heterocycles. The monoisotopic (exact) mass is 458 g/mol. The van der Waals surface area contributed by atoms with E-state index in [0.717, 1.165) is 24.9 Å². The molecule has 1 aliphatic carbocycles. The Labute approximate surface area is 197 Å². The largest absolute Gasteiger partial charge is 0.508 e. The van der Waals surface area contributed by atoms with E-state index in [9.17, 15) is 19.5 Å². The fourth-order valence-electron chi connectivity index (χ4n) is 5.21. The molecule has 2 unspecified atom stereocenters. The van der Waals surface area contributed by atoms with Gasteiger partial charge in [-0.25, -0.2) is 0 Å². The highest BCUT2D eigenvalue weighted by molar-refractivity contribution is 5.83. The van der Waals surface area contributed by atoms with Crippen molar-refractivity contribution in [2.75, 3.05) is 26.2 Å². The molecule has 1 aromatic rings. The molecule has 7 heteroatoms. The van der Waals surface area contributed by atoms with Crippen molar-refractivity contribution in [2.24, 2.45) is 5.92 Å². The average Bonchev–Trinajstić information content (AvgIpc) is 2.82. The molecular weight excluding hydrogens is 420 g/mol. The second-order valence-corrected chi connectivity index (χ2v) is 9.23. The van der Waals surface area contributed by atoms with E-state index in [1.807, 2.05) is 0 Å². The zero-order chi connectivity index (χ0) is 23.6. The zero-order valence-corrected chi connectivity index (χ0v) is 19.8. The number of esters is 1. The van der Waals surface area contributed by atoms with Gasteiger partial charge < -0.3 is 19.6 Å². The van der Waals surface area contributed by atoms with E-state index < -0.39 is 5.97 Å². The molecule has 182 valence electrons. The Morgan fingerprint density at radius 2 is 1.79 bits per heavy atom. The van der Waals surface area contributed by atoms with Crippen LogP contribution >= 0.6 is 0 Å². The van der Waals surface area contributed by atoms with Gasteiger partial charge >= 0.3 is 5.97 Å². The Morgan fingerprint density at radius 1 is 1.06 bits per heavy atom. The molecule has 0 bridgehead atoms. The first-order chi connectivity index (χ1) is 16.0. The van der Waals surface area contributed by atoms with Crippen LogP contribution in [-0.4, -0.2) is 65.0 Å². The Balaban J connectivity index is 1.50. The van der Waals surface area contributed by atoms with E-state index in [0.29, 0.717) is 37.8 Å². The maximum atomic E-state index is 12.9. The second-order valence-electron chi connectivity index (χ2n) is 9.23. The summed E-state index contributed by atoms with van der Waals surface area (Å²) in [5, 5.41) is 9.44. The molecule has 1 saturated carbocycles. The topological polar surface area (TPSA) is 87.1 Å². The number of benzene rings is 1. The Bertz CT molecular complexity index is 792. The summed E-state index contributed by atoms with van der Waals surface area (Å²) in [6.45, 7) is 3.14. The molecular formula is C26H38N2O5. The van der Waals surface area contributed by atoms with Crippen molar-refractivity contribution < 1.29 is 24.2 Å². The Hall–Kier alpha value is -2.57. The smallest absolute Gasteiger partial charge is 0.325 e. The average molecular weight is 459 g/mol. The SMILES string of the molecule is CCOC(=O)CN(CCc1ccc(O)cc1)C(=O)CCCC(=O)N1CCCC2CCCCC21. The highest BCUT2D eigenvalue weighted by atomic mass is 16.5. The predicted molar refractivity (Wildman–Crippen MR) is 126 cm³/mol. The first-order valence-corrected chi connectivity index (χ1v) is 12.5. The van der Waals surface area contributed by atoms with Crippen molar-refractivity contribution in [2.45, 2.75) is 77.2 Å². The molecule has 0 spiro atoms. The summed E-state index contributed by atoms with van der Waals surface area (Å²) in [6.07, 6.45) is 8.81. The molecule has 2 fully saturated rings. The number of fused-ring (bicyclic) bond motifs is 1. The quantitative estimate of drug-likeness (QED) is 0.541. The maximum Gasteiger partial charge on any atom is 0.325 e. The Kier molecular flexibility index (Phi) is 9.58. The van der Waals surface area contributed by atoms with Gasteiger partial charge in [0.25, 0.3) is 0 Å². The van der Waals surface area contributed by atoms with Gasteiger partial charge in [0.1, 0.15) is 12.3 Å². The number of phenolic OH excluding ortho intramolecular Hbond substituents is 1. The summed E-state index contributed by atoms with van der Waals surface area (Å²) in [6, 6.07) is 7.21. The van der Waals surface area contributed by atoms with Gasteiger partial charge in [0.15, 0.2) is 0 Å². The van der Waals surface area contributed by atoms with Gasteiger partial charge in [-0.3, -0.25) is 14.4 Å². The van der Waals surface area contributed by atoms with E-state index in [1.165, 1.54) is 30.6 Å². The van der Waals surface area contributed by atoms with Gasteiger partial charge in [-0.1, -0.05) is 25.0 Å². The number of hydrogen-bond acceptors (Lipinski definition) is 5. The van der Waals surface area contributed by atoms with Crippen molar-refractivity contribution in [3.63, 3.8) is 0 Å². The summed E-state index contributed by atoms with van der Waals surface area (Å²) in [5.74, 6) is 0.447. The Morgan fingerprint density at radius 3 is 2.55 bits per heavy atom. The van der Waals surface area contributed by atoms with Crippen molar-refractivity contribution in [3.05, 3.63) is 29.8 Å². The van der Waals surface area contributed by atoms with E-state index in [1.54, 1.807) is 31.2 Å². The standard InChI is InChI=1S/C26H38N2O5/c1-2-33-26(32)19-27(18-16-20-12-14-22(29)15-13-20)24(30)10-5-11-25(31)28-17-6-8-21-7-3-4-9-23(21)28/h12-15,21,23,29H,2-11,16-19H2,1H3. The number of nitrogens with zero attached hydrogens (tertiary/aromatic N) is 2. The molecule has 2 atom stereocenters. The summed E-state index contributed by atoms with van der Waals surface area (Å²) in [7, 11) is 0. The zero-order valence-electron chi connectivity index (χ0n) is 19.8. The van der Waals surface area contributed by atoms with Crippen LogP contribution in [0.4, 0.5) is 0 Å². The minimum Gasteiger partial charge on any atom is -0.508 e. The molecule has 0 radical (unpaired) electrons. The summed E-state index contributed by atoms with van der Waals surface area (Å²) in [4.78, 5) is 41.4. The normalized spacial score (nSPS) is 20.1. The van der Waals surface area contributed by atoms with Crippen molar-refractivity contribution in [1.82, 2.24) is 9.80 Å². The van der Waals surface area contributed by atoms with Crippen molar-refractivity contribution >= 4 is 17.8 Å². The first kappa shape index (κ1) is 25.1. The van der Waals surface area contributed by atoms with Crippen LogP contribution in [0.2, 0.25) is 0 Å². The second kappa shape index (κ2) is 12.6. The third-order valence-corrected chi connectivity index (χ3v) is 6.93. The van der Waals surface area contributed by atoms with Crippen LogP contribution in [0, 0.1) is 5.92 Å². The van der Waals surface area contributed by atoms with Crippen molar-refractivity contribution in [3.8, 4) is 5.75 Å². The first-order valence-electron chi connectivity index (χ1n) is 12.5. The van der Waals surface area contributed by atoms with E-state index >= 15 is 0 Å². The molecule has 2 amide bonds. The van der Waals surface area contributed by atoms with Crippen LogP contribution < -0.4 is 0 Å². The highest BCUT2D eigenvalue weighted by Crippen LogP contribution is 2.35. The highest BCUT2D eigenvalue weighted by Gasteiger charge is 2.35. The van der Waals surface area contributed by atoms with Crippen LogP contribution in [0.15, 0.2) is 24.3 Å². The molecule has 3 rings (SSSR count). The molecule has 1 aromatic carbocycles. The number of rotatable bonds is 10. The third-order valence-electron chi connectivity index (χ3n) is 6.93. The fraction of sp³-hybridized carbons (Fsp3) is 0.654. The summed E-state index contributed by atoms with van der Waals surface area (Å²) in [5.41, 5.74) is 0.969. The molecule has 33 heavy (non-hydrogen) atoms. The van der Waals surface area contributed by atoms with Crippen LogP contribution in [0.3, 0.4) is 0 Å². The number of amides is 2. The number of carbonyl (C=O) groups excluding carboxylic acids is 3. The summed E-state index contributed by atoms with van der Waals surface area (Å²) >= 11 is 0. The predicted octanol–water partition coefficient (Wildman–Crippen LogP) is 3.68. The fourth-order valence-corrected chi connectivity index (χ4v) is 5.21.